The van der Waals surface area contributed by atoms with E-state index in [4.69, 9.17) is 14.2 Å². The third-order valence-electron chi connectivity index (χ3n) is 5.91. The van der Waals surface area contributed by atoms with E-state index in [1.165, 1.54) is 0 Å². The van der Waals surface area contributed by atoms with Crippen molar-refractivity contribution in [2.45, 2.75) is 38.5 Å². The molecule has 148 valence electrons. The highest BCUT2D eigenvalue weighted by Gasteiger charge is 2.46. The number of nitrogens with zero attached hydrogens (tertiary/aromatic N) is 1. The summed E-state index contributed by atoms with van der Waals surface area (Å²) in [5.74, 6) is 0.867. The molecule has 0 atom stereocenters. The average Bonchev–Trinajstić information content (AvgIpc) is 2.84. The van der Waals surface area contributed by atoms with Crippen LogP contribution in [0.2, 0.25) is 0 Å². The Bertz CT molecular complexity index is 740. The minimum absolute atomic E-state index is 0.0807. The number of carboxylic acid groups (broad SMARTS) is 1. The SMILES string of the molecule is COc1cc2c(c(OC)c1OC)CCN(C(=O)CC1(C(=O)O)CCC1)CC2. The van der Waals surface area contributed by atoms with Crippen LogP contribution in [0.25, 0.3) is 0 Å². The van der Waals surface area contributed by atoms with Crippen molar-refractivity contribution < 1.29 is 28.9 Å². The van der Waals surface area contributed by atoms with E-state index < -0.39 is 11.4 Å². The van der Waals surface area contributed by atoms with E-state index in [1.807, 2.05) is 6.07 Å². The first kappa shape index (κ1) is 19.3. The van der Waals surface area contributed by atoms with Gasteiger partial charge in [0.25, 0.3) is 0 Å². The Labute approximate surface area is 159 Å². The van der Waals surface area contributed by atoms with Crippen LogP contribution in [0, 0.1) is 5.41 Å². The molecule has 3 rings (SSSR count). The van der Waals surface area contributed by atoms with Gasteiger partial charge >= 0.3 is 5.97 Å². The first-order chi connectivity index (χ1) is 13.0. The zero-order chi connectivity index (χ0) is 19.6. The molecule has 1 aliphatic carbocycles. The van der Waals surface area contributed by atoms with Gasteiger partial charge in [-0.3, -0.25) is 9.59 Å². The van der Waals surface area contributed by atoms with Gasteiger partial charge in [0, 0.05) is 25.1 Å². The molecule has 1 aromatic rings. The molecule has 7 nitrogen and oxygen atoms in total. The van der Waals surface area contributed by atoms with E-state index in [-0.39, 0.29) is 12.3 Å². The summed E-state index contributed by atoms with van der Waals surface area (Å²) in [5.41, 5.74) is 1.22. The predicted molar refractivity (Wildman–Crippen MR) is 98.6 cm³/mol. The highest BCUT2D eigenvalue weighted by Crippen LogP contribution is 2.45. The van der Waals surface area contributed by atoms with Gasteiger partial charge in [-0.05, 0) is 37.3 Å². The molecular weight excluding hydrogens is 350 g/mol. The van der Waals surface area contributed by atoms with Crippen LogP contribution in [-0.2, 0) is 22.4 Å². The molecule has 0 spiro atoms. The Hall–Kier alpha value is -2.44. The molecule has 1 saturated carbocycles. The van der Waals surface area contributed by atoms with Crippen LogP contribution in [0.4, 0.5) is 0 Å². The van der Waals surface area contributed by atoms with Gasteiger partial charge in [0.15, 0.2) is 11.5 Å². The standard InChI is InChI=1S/C20H27NO6/c1-25-15-11-13-5-9-21(10-6-14(13)17(26-2)18(15)27-3)16(22)12-20(19(23)24)7-4-8-20/h11H,4-10,12H2,1-3H3,(H,23,24). The quantitative estimate of drug-likeness (QED) is 0.819. The summed E-state index contributed by atoms with van der Waals surface area (Å²) < 4.78 is 16.5. The summed E-state index contributed by atoms with van der Waals surface area (Å²) in [4.78, 5) is 26.2. The van der Waals surface area contributed by atoms with E-state index in [1.54, 1.807) is 26.2 Å². The number of aliphatic carboxylic acids is 1. The van der Waals surface area contributed by atoms with Crippen molar-refractivity contribution in [3.63, 3.8) is 0 Å². The van der Waals surface area contributed by atoms with Crippen LogP contribution in [0.5, 0.6) is 17.2 Å². The molecule has 1 amide bonds. The normalized spacial score (nSPS) is 18.0. The molecule has 1 N–H and O–H groups in total. The molecule has 1 fully saturated rings. The second-order valence-corrected chi connectivity index (χ2v) is 7.28. The van der Waals surface area contributed by atoms with Crippen molar-refractivity contribution in [2.24, 2.45) is 5.41 Å². The second-order valence-electron chi connectivity index (χ2n) is 7.28. The lowest BCUT2D eigenvalue weighted by atomic mass is 9.66. The smallest absolute Gasteiger partial charge is 0.310 e. The lowest BCUT2D eigenvalue weighted by Gasteiger charge is -2.38. The van der Waals surface area contributed by atoms with Gasteiger partial charge in [0.2, 0.25) is 11.7 Å². The summed E-state index contributed by atoms with van der Waals surface area (Å²) in [6, 6.07) is 1.94. The van der Waals surface area contributed by atoms with Gasteiger partial charge in [0.05, 0.1) is 26.7 Å². The summed E-state index contributed by atoms with van der Waals surface area (Å²) in [7, 11) is 4.75. The van der Waals surface area contributed by atoms with Crippen molar-refractivity contribution in [3.05, 3.63) is 17.2 Å². The maximum absolute atomic E-state index is 12.8. The van der Waals surface area contributed by atoms with E-state index in [2.05, 4.69) is 0 Å². The van der Waals surface area contributed by atoms with Crippen molar-refractivity contribution in [2.75, 3.05) is 34.4 Å². The summed E-state index contributed by atoms with van der Waals surface area (Å²) >= 11 is 0. The topological polar surface area (TPSA) is 85.3 Å². The molecule has 7 heteroatoms. The number of fused-ring (bicyclic) bond motifs is 1. The van der Waals surface area contributed by atoms with Crippen molar-refractivity contribution in [1.82, 2.24) is 4.90 Å². The summed E-state index contributed by atoms with van der Waals surface area (Å²) in [5, 5.41) is 9.50. The van der Waals surface area contributed by atoms with Crippen LogP contribution in [0.15, 0.2) is 6.07 Å². The van der Waals surface area contributed by atoms with Crippen molar-refractivity contribution in [3.8, 4) is 17.2 Å². The third kappa shape index (κ3) is 3.42. The zero-order valence-corrected chi connectivity index (χ0v) is 16.2. The molecule has 27 heavy (non-hydrogen) atoms. The second kappa shape index (κ2) is 7.66. The highest BCUT2D eigenvalue weighted by molar-refractivity contribution is 5.85. The number of hydrogen-bond acceptors (Lipinski definition) is 5. The zero-order valence-electron chi connectivity index (χ0n) is 16.2. The van der Waals surface area contributed by atoms with Gasteiger partial charge < -0.3 is 24.2 Å². The predicted octanol–water partition coefficient (Wildman–Crippen LogP) is 2.28. The van der Waals surface area contributed by atoms with Crippen LogP contribution in [0.3, 0.4) is 0 Å². The van der Waals surface area contributed by atoms with Crippen LogP contribution in [-0.4, -0.2) is 56.3 Å². The fourth-order valence-corrected chi connectivity index (χ4v) is 4.10. The summed E-state index contributed by atoms with van der Waals surface area (Å²) in [6.07, 6.45) is 3.43. The van der Waals surface area contributed by atoms with Gasteiger partial charge in [0.1, 0.15) is 0 Å². The molecule has 0 bridgehead atoms. The van der Waals surface area contributed by atoms with Crippen LogP contribution in [0.1, 0.15) is 36.8 Å². The Morgan fingerprint density at radius 3 is 2.26 bits per heavy atom. The maximum atomic E-state index is 12.8. The number of amides is 1. The monoisotopic (exact) mass is 377 g/mol. The molecule has 1 heterocycles. The molecule has 0 unspecified atom stereocenters. The Balaban J connectivity index is 1.80. The Morgan fingerprint density at radius 2 is 1.74 bits per heavy atom. The average molecular weight is 377 g/mol. The number of ether oxygens (including phenoxy) is 3. The maximum Gasteiger partial charge on any atom is 0.310 e. The number of carbonyl (C=O) groups excluding carboxylic acids is 1. The van der Waals surface area contributed by atoms with Crippen molar-refractivity contribution >= 4 is 11.9 Å². The van der Waals surface area contributed by atoms with Crippen LogP contribution < -0.4 is 14.2 Å². The molecular formula is C20H27NO6. The van der Waals surface area contributed by atoms with Gasteiger partial charge in [-0.25, -0.2) is 0 Å². The molecule has 1 aromatic carbocycles. The molecule has 2 aliphatic rings. The number of carbonyl (C=O) groups is 2. The van der Waals surface area contributed by atoms with E-state index >= 15 is 0 Å². The van der Waals surface area contributed by atoms with Gasteiger partial charge in [-0.15, -0.1) is 0 Å². The number of benzene rings is 1. The first-order valence-electron chi connectivity index (χ1n) is 9.27. The first-order valence-corrected chi connectivity index (χ1v) is 9.27. The number of methoxy groups -OCH3 is 3. The minimum atomic E-state index is -0.861. The molecule has 0 radical (unpaired) electrons. The van der Waals surface area contributed by atoms with Crippen LogP contribution >= 0.6 is 0 Å². The van der Waals surface area contributed by atoms with E-state index in [0.717, 1.165) is 17.5 Å². The summed E-state index contributed by atoms with van der Waals surface area (Å²) in [6.45, 7) is 1.09. The molecule has 0 saturated heterocycles. The highest BCUT2D eigenvalue weighted by atomic mass is 16.5. The minimum Gasteiger partial charge on any atom is -0.493 e. The largest absolute Gasteiger partial charge is 0.493 e. The number of carboxylic acids is 1. The Kier molecular flexibility index (Phi) is 5.48. The number of rotatable bonds is 6. The Morgan fingerprint density at radius 1 is 1.07 bits per heavy atom. The van der Waals surface area contributed by atoms with Gasteiger partial charge in [-0.1, -0.05) is 6.42 Å². The third-order valence-corrected chi connectivity index (χ3v) is 5.91. The van der Waals surface area contributed by atoms with E-state index in [0.29, 0.717) is 56.0 Å². The molecule has 0 aromatic heterocycles. The van der Waals surface area contributed by atoms with E-state index in [9.17, 15) is 14.7 Å². The fourth-order valence-electron chi connectivity index (χ4n) is 4.10. The lowest BCUT2D eigenvalue weighted by molar-refractivity contribution is -0.159. The van der Waals surface area contributed by atoms with Gasteiger partial charge in [-0.2, -0.15) is 0 Å². The lowest BCUT2D eigenvalue weighted by Crippen LogP contribution is -2.44. The van der Waals surface area contributed by atoms with Crippen molar-refractivity contribution in [1.29, 1.82) is 0 Å². The number of hydrogen-bond donors (Lipinski definition) is 1. The fraction of sp³-hybridized carbons (Fsp3) is 0.600. The molecule has 1 aliphatic heterocycles.